The molecule has 26 heavy (non-hydrogen) atoms. The monoisotopic (exact) mass is 421 g/mol. The second-order valence-electron chi connectivity index (χ2n) is 7.43. The molecule has 9 heteroatoms. The van der Waals surface area contributed by atoms with Gasteiger partial charge < -0.3 is 5.32 Å². The number of nitrogens with zero attached hydrogens (tertiary/aromatic N) is 2. The number of carbonyl (C=O) groups is 1. The second kappa shape index (κ2) is 8.02. The molecule has 6 nitrogen and oxygen atoms in total. The number of halogens is 2. The van der Waals surface area contributed by atoms with Gasteiger partial charge in [-0.2, -0.15) is 4.31 Å². The first-order chi connectivity index (χ1) is 11.9. The van der Waals surface area contributed by atoms with E-state index in [0.717, 1.165) is 0 Å². The third-order valence-corrected chi connectivity index (χ3v) is 6.86. The van der Waals surface area contributed by atoms with Crippen molar-refractivity contribution in [2.45, 2.75) is 44.2 Å². The predicted molar refractivity (Wildman–Crippen MR) is 104 cm³/mol. The van der Waals surface area contributed by atoms with Crippen molar-refractivity contribution in [3.8, 4) is 0 Å². The van der Waals surface area contributed by atoms with Crippen molar-refractivity contribution in [1.29, 1.82) is 0 Å². The molecule has 1 aromatic rings. The van der Waals surface area contributed by atoms with Gasteiger partial charge in [-0.25, -0.2) is 8.42 Å². The molecule has 1 aromatic carbocycles. The number of carbonyl (C=O) groups excluding carboxylic acids is 1. The molecule has 2 rings (SSSR count). The number of piperazine rings is 1. The van der Waals surface area contributed by atoms with Crippen molar-refractivity contribution in [3.63, 3.8) is 0 Å². The first kappa shape index (κ1) is 21.4. The summed E-state index contributed by atoms with van der Waals surface area (Å²) in [6, 6.07) is 3.98. The number of hydrogen-bond acceptors (Lipinski definition) is 4. The van der Waals surface area contributed by atoms with E-state index >= 15 is 0 Å². The van der Waals surface area contributed by atoms with E-state index in [2.05, 4.69) is 5.32 Å². The Morgan fingerprint density at radius 2 is 1.69 bits per heavy atom. The maximum atomic E-state index is 12.8. The molecule has 1 heterocycles. The minimum absolute atomic E-state index is 0.0571. The Morgan fingerprint density at radius 3 is 2.19 bits per heavy atom. The highest BCUT2D eigenvalue weighted by Gasteiger charge is 2.32. The number of sulfonamides is 1. The second-order valence-corrected chi connectivity index (χ2v) is 10.2. The van der Waals surface area contributed by atoms with Gasteiger partial charge in [0.25, 0.3) is 0 Å². The molecule has 1 unspecified atom stereocenters. The fourth-order valence-electron chi connectivity index (χ4n) is 2.76. The average molecular weight is 422 g/mol. The molecule has 1 aliphatic rings. The number of rotatable bonds is 4. The first-order valence-corrected chi connectivity index (χ1v) is 10.6. The lowest BCUT2D eigenvalue weighted by atomic mass is 10.1. The lowest BCUT2D eigenvalue weighted by Gasteiger charge is -2.37. The van der Waals surface area contributed by atoms with Gasteiger partial charge in [-0.05, 0) is 45.9 Å². The van der Waals surface area contributed by atoms with Crippen LogP contribution in [0, 0.1) is 0 Å². The van der Waals surface area contributed by atoms with Gasteiger partial charge in [-0.1, -0.05) is 23.2 Å². The maximum Gasteiger partial charge on any atom is 0.243 e. The van der Waals surface area contributed by atoms with E-state index in [1.54, 1.807) is 0 Å². The minimum Gasteiger partial charge on any atom is -0.350 e. The fourth-order valence-corrected chi connectivity index (χ4v) is 4.57. The highest BCUT2D eigenvalue weighted by molar-refractivity contribution is 7.89. The molecule has 1 saturated heterocycles. The summed E-state index contributed by atoms with van der Waals surface area (Å²) in [7, 11) is -3.64. The van der Waals surface area contributed by atoms with Crippen LogP contribution in [0.2, 0.25) is 10.0 Å². The molecule has 0 saturated carbocycles. The molecule has 0 aliphatic carbocycles. The van der Waals surface area contributed by atoms with Crippen LogP contribution in [0.3, 0.4) is 0 Å². The maximum absolute atomic E-state index is 12.8. The Kier molecular flexibility index (Phi) is 6.62. The van der Waals surface area contributed by atoms with E-state index in [9.17, 15) is 13.2 Å². The SMILES string of the molecule is CC(C(=O)NC(C)(C)C)N1CCN(S(=O)(=O)c2ccc(Cl)c(Cl)c2)CC1. The van der Waals surface area contributed by atoms with Gasteiger partial charge in [0.05, 0.1) is 21.0 Å². The summed E-state index contributed by atoms with van der Waals surface area (Å²) < 4.78 is 27.0. The molecule has 1 N–H and O–H groups in total. The van der Waals surface area contributed by atoms with Crippen molar-refractivity contribution < 1.29 is 13.2 Å². The summed E-state index contributed by atoms with van der Waals surface area (Å²) in [6.07, 6.45) is 0. The minimum atomic E-state index is -3.64. The Labute approximate surface area is 165 Å². The zero-order valence-corrected chi connectivity index (χ0v) is 17.7. The number of hydrogen-bond donors (Lipinski definition) is 1. The van der Waals surface area contributed by atoms with Crippen molar-refractivity contribution in [2.75, 3.05) is 26.2 Å². The number of nitrogens with one attached hydrogen (secondary N) is 1. The van der Waals surface area contributed by atoms with E-state index in [1.807, 2.05) is 32.6 Å². The Hall–Kier alpha value is -0.860. The van der Waals surface area contributed by atoms with Crippen LogP contribution >= 0.6 is 23.2 Å². The van der Waals surface area contributed by atoms with Gasteiger partial charge in [0, 0.05) is 31.7 Å². The van der Waals surface area contributed by atoms with E-state index in [1.165, 1.54) is 22.5 Å². The first-order valence-electron chi connectivity index (χ1n) is 8.43. The third kappa shape index (κ3) is 5.10. The molecule has 0 aromatic heterocycles. The van der Waals surface area contributed by atoms with Gasteiger partial charge in [-0.3, -0.25) is 9.69 Å². The highest BCUT2D eigenvalue weighted by atomic mass is 35.5. The molecule has 0 spiro atoms. The summed E-state index contributed by atoms with van der Waals surface area (Å²) in [5.41, 5.74) is -0.301. The molecule has 1 amide bonds. The van der Waals surface area contributed by atoms with Crippen LogP contribution in [0.5, 0.6) is 0 Å². The Morgan fingerprint density at radius 1 is 1.12 bits per heavy atom. The molecule has 146 valence electrons. The molecule has 0 radical (unpaired) electrons. The quantitative estimate of drug-likeness (QED) is 0.810. The van der Waals surface area contributed by atoms with Crippen molar-refractivity contribution in [1.82, 2.24) is 14.5 Å². The molecule has 1 fully saturated rings. The van der Waals surface area contributed by atoms with E-state index < -0.39 is 10.0 Å². The lowest BCUT2D eigenvalue weighted by molar-refractivity contribution is -0.127. The Bertz CT molecular complexity index is 770. The topological polar surface area (TPSA) is 69.7 Å². The lowest BCUT2D eigenvalue weighted by Crippen LogP contribution is -2.56. The standard InChI is InChI=1S/C17H25Cl2N3O3S/c1-12(16(23)20-17(2,3)4)21-7-9-22(10-8-21)26(24,25)13-5-6-14(18)15(19)11-13/h5-6,11-12H,7-10H2,1-4H3,(H,20,23). The van der Waals surface area contributed by atoms with Crippen LogP contribution in [0.25, 0.3) is 0 Å². The van der Waals surface area contributed by atoms with Gasteiger partial charge in [-0.15, -0.1) is 0 Å². The van der Waals surface area contributed by atoms with E-state index in [0.29, 0.717) is 31.2 Å². The summed E-state index contributed by atoms with van der Waals surface area (Å²) >= 11 is 11.8. The number of benzene rings is 1. The van der Waals surface area contributed by atoms with Gasteiger partial charge in [0.2, 0.25) is 15.9 Å². The summed E-state index contributed by atoms with van der Waals surface area (Å²) in [5, 5.41) is 3.48. The van der Waals surface area contributed by atoms with E-state index in [-0.39, 0.29) is 27.4 Å². The fraction of sp³-hybridized carbons (Fsp3) is 0.588. The molecule has 0 bridgehead atoms. The third-order valence-electron chi connectivity index (χ3n) is 4.23. The van der Waals surface area contributed by atoms with Crippen LogP contribution in [-0.2, 0) is 14.8 Å². The zero-order chi connectivity index (χ0) is 19.7. The average Bonchev–Trinajstić information content (AvgIpc) is 2.55. The molecular formula is C17H25Cl2N3O3S. The molecule has 1 aliphatic heterocycles. The summed E-state index contributed by atoms with van der Waals surface area (Å²) in [6.45, 7) is 9.23. The van der Waals surface area contributed by atoms with Crippen LogP contribution in [0.4, 0.5) is 0 Å². The van der Waals surface area contributed by atoms with Crippen LogP contribution in [0.15, 0.2) is 23.1 Å². The van der Waals surface area contributed by atoms with Gasteiger partial charge in [0.1, 0.15) is 0 Å². The van der Waals surface area contributed by atoms with Crippen molar-refractivity contribution in [3.05, 3.63) is 28.2 Å². The van der Waals surface area contributed by atoms with Gasteiger partial charge in [0.15, 0.2) is 0 Å². The smallest absolute Gasteiger partial charge is 0.243 e. The largest absolute Gasteiger partial charge is 0.350 e. The summed E-state index contributed by atoms with van der Waals surface area (Å²) in [5.74, 6) is -0.0571. The predicted octanol–water partition coefficient (Wildman–Crippen LogP) is 2.60. The van der Waals surface area contributed by atoms with Crippen LogP contribution in [0.1, 0.15) is 27.7 Å². The molecular weight excluding hydrogens is 397 g/mol. The van der Waals surface area contributed by atoms with Crippen LogP contribution in [-0.4, -0.2) is 61.3 Å². The normalized spacial score (nSPS) is 18.5. The van der Waals surface area contributed by atoms with Crippen LogP contribution < -0.4 is 5.32 Å². The van der Waals surface area contributed by atoms with Crippen molar-refractivity contribution in [2.24, 2.45) is 0 Å². The zero-order valence-electron chi connectivity index (χ0n) is 15.4. The number of amides is 1. The highest BCUT2D eigenvalue weighted by Crippen LogP contribution is 2.27. The molecule has 1 atom stereocenters. The summed E-state index contributed by atoms with van der Waals surface area (Å²) in [4.78, 5) is 14.4. The van der Waals surface area contributed by atoms with Gasteiger partial charge >= 0.3 is 0 Å². The Balaban J connectivity index is 2.03. The van der Waals surface area contributed by atoms with E-state index in [4.69, 9.17) is 23.2 Å². The van der Waals surface area contributed by atoms with Crippen molar-refractivity contribution >= 4 is 39.1 Å².